The van der Waals surface area contributed by atoms with Gasteiger partial charge in [0.25, 0.3) is 11.8 Å². The standard InChI is InChI=1S/C16H14ClN3O4S/c1-10-9-11(4-5-13(10)17)25(23,24)19-7-8-20-15(21)12-3-2-6-18-14(12)16(20)22/h2-6,9,19H,7-8H2,1H3. The van der Waals surface area contributed by atoms with Gasteiger partial charge in [0.1, 0.15) is 5.69 Å². The van der Waals surface area contributed by atoms with Crippen LogP contribution in [0.3, 0.4) is 0 Å². The lowest BCUT2D eigenvalue weighted by atomic mass is 10.2. The molecule has 0 aliphatic carbocycles. The minimum absolute atomic E-state index is 0.0680. The summed E-state index contributed by atoms with van der Waals surface area (Å²) in [5.74, 6) is -1.00. The van der Waals surface area contributed by atoms with E-state index >= 15 is 0 Å². The van der Waals surface area contributed by atoms with Crippen molar-refractivity contribution in [2.75, 3.05) is 13.1 Å². The Balaban J connectivity index is 1.68. The van der Waals surface area contributed by atoms with Crippen molar-refractivity contribution in [3.63, 3.8) is 0 Å². The zero-order valence-corrected chi connectivity index (χ0v) is 14.8. The molecule has 25 heavy (non-hydrogen) atoms. The zero-order valence-electron chi connectivity index (χ0n) is 13.2. The predicted octanol–water partition coefficient (Wildman–Crippen LogP) is 1.62. The number of hydrogen-bond donors (Lipinski definition) is 1. The van der Waals surface area contributed by atoms with Gasteiger partial charge in [0.2, 0.25) is 10.0 Å². The molecule has 0 saturated heterocycles. The van der Waals surface area contributed by atoms with E-state index in [0.29, 0.717) is 10.6 Å². The van der Waals surface area contributed by atoms with Crippen LogP contribution in [0.15, 0.2) is 41.4 Å². The van der Waals surface area contributed by atoms with Gasteiger partial charge in [-0.3, -0.25) is 19.5 Å². The van der Waals surface area contributed by atoms with Crippen LogP contribution in [0.5, 0.6) is 0 Å². The molecule has 2 heterocycles. The van der Waals surface area contributed by atoms with Gasteiger partial charge >= 0.3 is 0 Å². The fraction of sp³-hybridized carbons (Fsp3) is 0.188. The predicted molar refractivity (Wildman–Crippen MR) is 91.0 cm³/mol. The zero-order chi connectivity index (χ0) is 18.2. The van der Waals surface area contributed by atoms with E-state index in [2.05, 4.69) is 9.71 Å². The SMILES string of the molecule is Cc1cc(S(=O)(=O)NCCN2C(=O)c3cccnc3C2=O)ccc1Cl. The molecular weight excluding hydrogens is 366 g/mol. The second kappa shape index (κ2) is 6.55. The highest BCUT2D eigenvalue weighted by molar-refractivity contribution is 7.89. The Morgan fingerprint density at radius 3 is 2.64 bits per heavy atom. The fourth-order valence-electron chi connectivity index (χ4n) is 2.48. The summed E-state index contributed by atoms with van der Waals surface area (Å²) in [6.45, 7) is 1.52. The van der Waals surface area contributed by atoms with Gasteiger partial charge in [0.15, 0.2) is 0 Å². The van der Waals surface area contributed by atoms with Crippen LogP contribution in [0.1, 0.15) is 26.4 Å². The first kappa shape index (κ1) is 17.5. The molecule has 1 aliphatic rings. The summed E-state index contributed by atoms with van der Waals surface area (Å²) in [6.07, 6.45) is 1.43. The second-order valence-electron chi connectivity index (χ2n) is 5.47. The van der Waals surface area contributed by atoms with Gasteiger partial charge in [-0.25, -0.2) is 13.1 Å². The number of amides is 2. The molecule has 0 bridgehead atoms. The highest BCUT2D eigenvalue weighted by Crippen LogP contribution is 2.21. The average Bonchev–Trinajstić information content (AvgIpc) is 2.82. The monoisotopic (exact) mass is 379 g/mol. The van der Waals surface area contributed by atoms with Crippen LogP contribution in [0, 0.1) is 6.92 Å². The highest BCUT2D eigenvalue weighted by atomic mass is 35.5. The molecule has 2 aromatic rings. The summed E-state index contributed by atoms with van der Waals surface area (Å²) in [7, 11) is -3.77. The molecule has 1 N–H and O–H groups in total. The van der Waals surface area contributed by atoms with E-state index in [9.17, 15) is 18.0 Å². The van der Waals surface area contributed by atoms with Crippen LogP contribution < -0.4 is 4.72 Å². The topological polar surface area (TPSA) is 96.4 Å². The van der Waals surface area contributed by atoms with Crippen molar-refractivity contribution < 1.29 is 18.0 Å². The Morgan fingerprint density at radius 2 is 1.96 bits per heavy atom. The summed E-state index contributed by atoms with van der Waals surface area (Å²) in [5.41, 5.74) is 0.948. The number of carbonyl (C=O) groups excluding carboxylic acids is 2. The van der Waals surface area contributed by atoms with Crippen molar-refractivity contribution in [2.45, 2.75) is 11.8 Å². The molecule has 0 fully saturated rings. The summed E-state index contributed by atoms with van der Waals surface area (Å²) in [5, 5.41) is 0.470. The quantitative estimate of drug-likeness (QED) is 0.796. The normalized spacial score (nSPS) is 14.1. The maximum atomic E-state index is 12.3. The third-order valence-corrected chi connectivity index (χ3v) is 5.68. The molecule has 0 atom stereocenters. The Labute approximate surface area is 149 Å². The number of rotatable bonds is 5. The van der Waals surface area contributed by atoms with Crippen molar-refractivity contribution in [3.8, 4) is 0 Å². The third-order valence-electron chi connectivity index (χ3n) is 3.80. The molecule has 1 aliphatic heterocycles. The molecule has 1 aromatic carbocycles. The summed E-state index contributed by atoms with van der Waals surface area (Å²) < 4.78 is 27.0. The molecule has 2 amide bonds. The van der Waals surface area contributed by atoms with E-state index in [4.69, 9.17) is 11.6 Å². The molecule has 9 heteroatoms. The fourth-order valence-corrected chi connectivity index (χ4v) is 3.70. The molecular formula is C16H14ClN3O4S. The molecule has 7 nitrogen and oxygen atoms in total. The van der Waals surface area contributed by atoms with Crippen molar-refractivity contribution in [3.05, 3.63) is 58.4 Å². The average molecular weight is 380 g/mol. The lowest BCUT2D eigenvalue weighted by Gasteiger charge is -2.14. The van der Waals surface area contributed by atoms with Gasteiger partial charge in [-0.15, -0.1) is 0 Å². The third kappa shape index (κ3) is 3.28. The van der Waals surface area contributed by atoms with E-state index in [0.717, 1.165) is 4.90 Å². The number of benzene rings is 1. The van der Waals surface area contributed by atoms with Crippen LogP contribution in [0.25, 0.3) is 0 Å². The number of nitrogens with one attached hydrogen (secondary N) is 1. The van der Waals surface area contributed by atoms with Gasteiger partial charge in [-0.05, 0) is 42.8 Å². The largest absolute Gasteiger partial charge is 0.280 e. The van der Waals surface area contributed by atoms with E-state index in [1.54, 1.807) is 13.0 Å². The minimum atomic E-state index is -3.77. The lowest BCUT2D eigenvalue weighted by Crippen LogP contribution is -2.38. The molecule has 0 saturated carbocycles. The summed E-state index contributed by atoms with van der Waals surface area (Å²) >= 11 is 5.89. The van der Waals surface area contributed by atoms with Crippen LogP contribution in [-0.4, -0.2) is 43.2 Å². The molecule has 130 valence electrons. The first-order chi connectivity index (χ1) is 11.8. The number of sulfonamides is 1. The number of fused-ring (bicyclic) bond motifs is 1. The summed E-state index contributed by atoms with van der Waals surface area (Å²) in [6, 6.07) is 7.43. The number of hydrogen-bond acceptors (Lipinski definition) is 5. The number of aromatic nitrogens is 1. The van der Waals surface area contributed by atoms with Crippen molar-refractivity contribution >= 4 is 33.4 Å². The van der Waals surface area contributed by atoms with Crippen molar-refractivity contribution in [1.29, 1.82) is 0 Å². The maximum absolute atomic E-state index is 12.3. The molecule has 0 unspecified atom stereocenters. The van der Waals surface area contributed by atoms with Crippen LogP contribution in [0.4, 0.5) is 0 Å². The van der Waals surface area contributed by atoms with E-state index in [1.807, 2.05) is 0 Å². The Morgan fingerprint density at radius 1 is 1.20 bits per heavy atom. The van der Waals surface area contributed by atoms with Gasteiger partial charge < -0.3 is 0 Å². The number of aryl methyl sites for hydroxylation is 1. The van der Waals surface area contributed by atoms with Crippen molar-refractivity contribution in [1.82, 2.24) is 14.6 Å². The number of carbonyl (C=O) groups is 2. The number of halogens is 1. The van der Waals surface area contributed by atoms with Crippen LogP contribution in [-0.2, 0) is 10.0 Å². The first-order valence-electron chi connectivity index (χ1n) is 7.38. The highest BCUT2D eigenvalue weighted by Gasteiger charge is 2.36. The van der Waals surface area contributed by atoms with E-state index < -0.39 is 21.8 Å². The number of imide groups is 1. The van der Waals surface area contributed by atoms with Crippen molar-refractivity contribution in [2.24, 2.45) is 0 Å². The number of pyridine rings is 1. The van der Waals surface area contributed by atoms with E-state index in [1.165, 1.54) is 30.5 Å². The van der Waals surface area contributed by atoms with Gasteiger partial charge in [0.05, 0.1) is 10.5 Å². The molecule has 0 radical (unpaired) electrons. The molecule has 0 spiro atoms. The molecule has 3 rings (SSSR count). The van der Waals surface area contributed by atoms with Crippen LogP contribution in [0.2, 0.25) is 5.02 Å². The summed E-state index contributed by atoms with van der Waals surface area (Å²) in [4.78, 5) is 29.3. The molecule has 1 aromatic heterocycles. The Bertz CT molecular complexity index is 940. The van der Waals surface area contributed by atoms with Gasteiger partial charge in [0, 0.05) is 24.3 Å². The second-order valence-corrected chi connectivity index (χ2v) is 7.64. The Kier molecular flexibility index (Phi) is 4.59. The number of nitrogens with zero attached hydrogens (tertiary/aromatic N) is 2. The van der Waals surface area contributed by atoms with Gasteiger partial charge in [-0.2, -0.15) is 0 Å². The Hall–Kier alpha value is -2.29. The first-order valence-corrected chi connectivity index (χ1v) is 9.24. The minimum Gasteiger partial charge on any atom is -0.272 e. The van der Waals surface area contributed by atoms with Crippen LogP contribution >= 0.6 is 11.6 Å². The lowest BCUT2D eigenvalue weighted by molar-refractivity contribution is 0.0655. The van der Waals surface area contributed by atoms with E-state index in [-0.39, 0.29) is 29.2 Å². The smallest absolute Gasteiger partial charge is 0.272 e. The van der Waals surface area contributed by atoms with Gasteiger partial charge in [-0.1, -0.05) is 11.6 Å². The maximum Gasteiger partial charge on any atom is 0.280 e.